The molecule has 0 aromatic rings. The SMILES string of the molecule is CN=BN(C)C.[B]N(C)NC. The summed E-state index contributed by atoms with van der Waals surface area (Å²) in [5.41, 5.74) is 2.64. The molecule has 4 nitrogen and oxygen atoms in total. The molecule has 2 radical (unpaired) electrons. The third-order valence-corrected chi connectivity index (χ3v) is 0.699. The maximum Gasteiger partial charge on any atom is 0.206 e. The van der Waals surface area contributed by atoms with Gasteiger partial charge in [0.2, 0.25) is 7.98 Å². The van der Waals surface area contributed by atoms with E-state index >= 15 is 0 Å². The Bertz CT molecular complexity index is 94.5. The van der Waals surface area contributed by atoms with Crippen LogP contribution in [0.1, 0.15) is 0 Å². The Labute approximate surface area is 71.3 Å². The molecule has 62 valence electrons. The zero-order valence-corrected chi connectivity index (χ0v) is 8.00. The Morgan fingerprint density at radius 2 is 1.73 bits per heavy atom. The second-order valence-electron chi connectivity index (χ2n) is 2.17. The fourth-order valence-corrected chi connectivity index (χ4v) is 0.231. The van der Waals surface area contributed by atoms with Crippen LogP contribution in [0, 0.1) is 0 Å². The van der Waals surface area contributed by atoms with Crippen LogP contribution in [0.5, 0.6) is 0 Å². The molecule has 0 bridgehead atoms. The maximum absolute atomic E-state index is 5.01. The van der Waals surface area contributed by atoms with E-state index in [1.165, 1.54) is 4.92 Å². The van der Waals surface area contributed by atoms with Crippen LogP contribution in [-0.2, 0) is 0 Å². The van der Waals surface area contributed by atoms with E-state index in [9.17, 15) is 0 Å². The summed E-state index contributed by atoms with van der Waals surface area (Å²) in [7, 11) is 15.9. The van der Waals surface area contributed by atoms with Crippen molar-refractivity contribution in [2.45, 2.75) is 0 Å². The molecular weight excluding hydrogens is 138 g/mol. The molecule has 0 fully saturated rings. The molecule has 0 aromatic heterocycles. The molecule has 0 aliphatic rings. The van der Waals surface area contributed by atoms with Crippen LogP contribution in [0.4, 0.5) is 0 Å². The third-order valence-electron chi connectivity index (χ3n) is 0.699. The second kappa shape index (κ2) is 9.65. The van der Waals surface area contributed by atoms with E-state index in [0.29, 0.717) is 0 Å². The predicted octanol–water partition coefficient (Wildman–Crippen LogP) is -0.883. The van der Waals surface area contributed by atoms with Crippen LogP contribution >= 0.6 is 0 Å². The number of hydrogen-bond acceptors (Lipinski definition) is 3. The van der Waals surface area contributed by atoms with Gasteiger partial charge in [-0.2, -0.15) is 0 Å². The zero-order valence-electron chi connectivity index (χ0n) is 8.00. The van der Waals surface area contributed by atoms with Gasteiger partial charge in [-0.15, -0.1) is 0 Å². The van der Waals surface area contributed by atoms with Gasteiger partial charge in [-0.05, 0) is 14.1 Å². The summed E-state index contributed by atoms with van der Waals surface area (Å²) in [6.45, 7) is 0. The third kappa shape index (κ3) is 26.1. The fourth-order valence-electron chi connectivity index (χ4n) is 0.231. The molecule has 0 atom stereocenters. The van der Waals surface area contributed by atoms with Crippen molar-refractivity contribution >= 4 is 15.2 Å². The quantitative estimate of drug-likeness (QED) is 0.413. The van der Waals surface area contributed by atoms with Gasteiger partial charge in [0.05, 0.1) is 0 Å². The molecular formula is C5H16B2N4. The number of rotatable bonds is 2. The average molecular weight is 154 g/mol. The molecule has 0 aromatic carbocycles. The summed E-state index contributed by atoms with van der Waals surface area (Å²) in [6.07, 6.45) is 0. The first kappa shape index (κ1) is 13.3. The van der Waals surface area contributed by atoms with Gasteiger partial charge in [0.1, 0.15) is 0 Å². The van der Waals surface area contributed by atoms with Gasteiger partial charge in [-0.1, -0.05) is 0 Å². The van der Waals surface area contributed by atoms with E-state index in [-0.39, 0.29) is 0 Å². The summed E-state index contributed by atoms with van der Waals surface area (Å²) < 4.78 is 0. The predicted molar refractivity (Wildman–Crippen MR) is 50.4 cm³/mol. The van der Waals surface area contributed by atoms with Gasteiger partial charge < -0.3 is 4.92 Å². The van der Waals surface area contributed by atoms with Crippen molar-refractivity contribution in [3.8, 4) is 0 Å². The van der Waals surface area contributed by atoms with Crippen LogP contribution in [0.3, 0.4) is 0 Å². The maximum atomic E-state index is 5.01. The number of nitrogens with zero attached hydrogens (tertiary/aromatic N) is 3. The molecule has 6 heteroatoms. The minimum absolute atomic E-state index is 1.38. The van der Waals surface area contributed by atoms with E-state index in [1.54, 1.807) is 28.3 Å². The first-order valence-corrected chi connectivity index (χ1v) is 3.29. The first-order chi connectivity index (χ1) is 5.04. The number of nitrogens with one attached hydrogen (secondary N) is 1. The first-order valence-electron chi connectivity index (χ1n) is 3.29. The molecule has 0 amide bonds. The summed E-state index contributed by atoms with van der Waals surface area (Å²) >= 11 is 0. The number of hydrazine groups is 1. The summed E-state index contributed by atoms with van der Waals surface area (Å²) in [5.74, 6) is 0. The summed E-state index contributed by atoms with van der Waals surface area (Å²) in [4.78, 5) is 7.00. The summed E-state index contributed by atoms with van der Waals surface area (Å²) in [5, 5.41) is 0. The van der Waals surface area contributed by atoms with Gasteiger partial charge in [0.15, 0.2) is 0 Å². The fraction of sp³-hybridized carbons (Fsp3) is 1.00. The van der Waals surface area contributed by atoms with Crippen LogP contribution in [0.15, 0.2) is 4.90 Å². The van der Waals surface area contributed by atoms with E-state index in [1.807, 2.05) is 18.9 Å². The van der Waals surface area contributed by atoms with Crippen LogP contribution in [0.25, 0.3) is 0 Å². The van der Waals surface area contributed by atoms with E-state index in [4.69, 9.17) is 7.98 Å². The van der Waals surface area contributed by atoms with Gasteiger partial charge in [-0.25, -0.2) is 0 Å². The number of hydrogen-bond donors (Lipinski definition) is 1. The van der Waals surface area contributed by atoms with Gasteiger partial charge >= 0.3 is 38.1 Å². The molecule has 0 saturated carbocycles. The topological polar surface area (TPSA) is 30.9 Å². The average Bonchev–Trinajstić information content (AvgIpc) is 1.89. The van der Waals surface area contributed by atoms with E-state index in [2.05, 4.69) is 10.3 Å². The molecule has 0 spiro atoms. The Morgan fingerprint density at radius 3 is 1.73 bits per heavy atom. The van der Waals surface area contributed by atoms with Crippen molar-refractivity contribution < 1.29 is 0 Å². The molecule has 1 N–H and O–H groups in total. The Hall–Kier alpha value is -0.350. The summed E-state index contributed by atoms with van der Waals surface area (Å²) in [6, 6.07) is 0. The second-order valence-corrected chi connectivity index (χ2v) is 2.17. The molecule has 11 heavy (non-hydrogen) atoms. The van der Waals surface area contributed by atoms with Gasteiger partial charge in [-0.3, -0.25) is 5.43 Å². The normalized spacial score (nSPS) is 8.91. The Morgan fingerprint density at radius 1 is 1.36 bits per heavy atom. The van der Waals surface area contributed by atoms with Crippen molar-refractivity contribution in [1.29, 1.82) is 0 Å². The largest absolute Gasteiger partial charge is 0.301 e. The van der Waals surface area contributed by atoms with Crippen LogP contribution in [0.2, 0.25) is 0 Å². The molecule has 0 aliphatic carbocycles. The Balaban J connectivity index is 0. The van der Waals surface area contributed by atoms with Crippen molar-refractivity contribution in [2.24, 2.45) is 4.90 Å². The molecule has 0 unspecified atom stereocenters. The monoisotopic (exact) mass is 154 g/mol. The van der Waals surface area contributed by atoms with E-state index in [0.717, 1.165) is 0 Å². The van der Waals surface area contributed by atoms with Crippen molar-refractivity contribution in [3.05, 3.63) is 0 Å². The standard InChI is InChI=1S/C3H9BN2.C2H7BN2/c1-5-4-6(2)3;1-4-5(2)3/h1-3H3;4H,1-2H3. The van der Waals surface area contributed by atoms with Gasteiger partial charge in [0.25, 0.3) is 0 Å². The molecule has 0 heterocycles. The van der Waals surface area contributed by atoms with Crippen molar-refractivity contribution in [2.75, 3.05) is 35.2 Å². The smallest absolute Gasteiger partial charge is 0.206 e. The molecule has 0 saturated heterocycles. The van der Waals surface area contributed by atoms with Crippen molar-refractivity contribution in [1.82, 2.24) is 15.2 Å². The van der Waals surface area contributed by atoms with Crippen LogP contribution < -0.4 is 5.43 Å². The van der Waals surface area contributed by atoms with Crippen LogP contribution in [-0.4, -0.2) is 60.2 Å². The zero-order chi connectivity index (χ0) is 9.28. The minimum atomic E-state index is 1.38. The van der Waals surface area contributed by atoms with Gasteiger partial charge in [0, 0.05) is 0 Å². The minimum Gasteiger partial charge on any atom is -0.301 e. The molecule has 0 aliphatic heterocycles. The Kier molecular flexibility index (Phi) is 11.6. The van der Waals surface area contributed by atoms with E-state index < -0.39 is 0 Å². The molecule has 0 rings (SSSR count). The van der Waals surface area contributed by atoms with Crippen molar-refractivity contribution in [3.63, 3.8) is 0 Å².